The molecule has 0 bridgehead atoms. The highest BCUT2D eigenvalue weighted by atomic mass is 16.5. The lowest BCUT2D eigenvalue weighted by Gasteiger charge is -2.21. The van der Waals surface area contributed by atoms with Crippen molar-refractivity contribution in [3.8, 4) is 6.07 Å². The van der Waals surface area contributed by atoms with Gasteiger partial charge in [0, 0.05) is 45.8 Å². The van der Waals surface area contributed by atoms with Gasteiger partial charge in [-0.15, -0.1) is 0 Å². The minimum Gasteiger partial charge on any atom is -0.383 e. The van der Waals surface area contributed by atoms with Crippen molar-refractivity contribution >= 4 is 0 Å². The highest BCUT2D eigenvalue weighted by Gasteiger charge is 2.03. The Hall–Kier alpha value is -0.630. The fourth-order valence-corrected chi connectivity index (χ4v) is 1.28. The molecule has 0 aromatic rings. The van der Waals surface area contributed by atoms with Gasteiger partial charge in [0.2, 0.25) is 0 Å². The van der Waals surface area contributed by atoms with E-state index in [2.05, 4.69) is 30.1 Å². The van der Waals surface area contributed by atoms with Gasteiger partial charge in [-0.05, 0) is 0 Å². The number of hydrogen-bond donors (Lipinski definition) is 1. The van der Waals surface area contributed by atoms with E-state index in [1.165, 1.54) is 0 Å². The molecule has 0 aliphatic carbocycles. The number of nitrogens with zero attached hydrogens (tertiary/aromatic N) is 2. The molecule has 0 radical (unpaired) electrons. The van der Waals surface area contributed by atoms with Crippen LogP contribution in [0.3, 0.4) is 0 Å². The van der Waals surface area contributed by atoms with Crippen LogP contribution in [-0.2, 0) is 4.74 Å². The number of nitrogens with one attached hydrogen (secondary N) is 1. The van der Waals surface area contributed by atoms with Crippen LogP contribution in [0, 0.1) is 11.3 Å². The number of ether oxygens (including phenoxy) is 1. The van der Waals surface area contributed by atoms with Crippen molar-refractivity contribution in [1.82, 2.24) is 10.2 Å². The lowest BCUT2D eigenvalue weighted by atomic mass is 10.3. The molecule has 15 heavy (non-hydrogen) atoms. The molecule has 0 fully saturated rings. The predicted molar refractivity (Wildman–Crippen MR) is 61.7 cm³/mol. The molecule has 0 saturated heterocycles. The Bertz CT molecular complexity index is 177. The molecule has 0 aromatic heterocycles. The Morgan fingerprint density at radius 3 is 2.60 bits per heavy atom. The Balaban J connectivity index is 3.64. The van der Waals surface area contributed by atoms with Gasteiger partial charge in [0.05, 0.1) is 12.7 Å². The van der Waals surface area contributed by atoms with Crippen LogP contribution < -0.4 is 5.32 Å². The van der Waals surface area contributed by atoms with Crippen LogP contribution >= 0.6 is 0 Å². The zero-order valence-electron chi connectivity index (χ0n) is 10.1. The first kappa shape index (κ1) is 14.4. The fourth-order valence-electron chi connectivity index (χ4n) is 1.28. The van der Waals surface area contributed by atoms with E-state index in [9.17, 15) is 0 Å². The highest BCUT2D eigenvalue weighted by molar-refractivity contribution is 4.72. The molecule has 0 aliphatic rings. The van der Waals surface area contributed by atoms with Gasteiger partial charge in [-0.1, -0.05) is 13.8 Å². The topological polar surface area (TPSA) is 48.3 Å². The highest BCUT2D eigenvalue weighted by Crippen LogP contribution is 1.91. The molecular formula is C11H23N3O. The van der Waals surface area contributed by atoms with Gasteiger partial charge in [-0.3, -0.25) is 4.90 Å². The van der Waals surface area contributed by atoms with E-state index in [4.69, 9.17) is 10.00 Å². The van der Waals surface area contributed by atoms with E-state index >= 15 is 0 Å². The van der Waals surface area contributed by atoms with Gasteiger partial charge in [0.25, 0.3) is 0 Å². The fraction of sp³-hybridized carbons (Fsp3) is 0.909. The second-order valence-corrected chi connectivity index (χ2v) is 3.85. The van der Waals surface area contributed by atoms with Crippen molar-refractivity contribution in [3.05, 3.63) is 0 Å². The number of hydrogen-bond acceptors (Lipinski definition) is 4. The van der Waals surface area contributed by atoms with Gasteiger partial charge in [0.15, 0.2) is 0 Å². The largest absolute Gasteiger partial charge is 0.383 e. The van der Waals surface area contributed by atoms with E-state index in [1.54, 1.807) is 7.11 Å². The molecule has 88 valence electrons. The summed E-state index contributed by atoms with van der Waals surface area (Å²) in [6.45, 7) is 8.67. The third-order valence-corrected chi connectivity index (χ3v) is 2.13. The van der Waals surface area contributed by atoms with Crippen molar-refractivity contribution in [2.24, 2.45) is 0 Å². The summed E-state index contributed by atoms with van der Waals surface area (Å²) in [4.78, 5) is 2.25. The molecule has 0 atom stereocenters. The summed E-state index contributed by atoms with van der Waals surface area (Å²) in [5.41, 5.74) is 0. The van der Waals surface area contributed by atoms with E-state index in [0.29, 0.717) is 12.5 Å². The lowest BCUT2D eigenvalue weighted by molar-refractivity contribution is 0.149. The summed E-state index contributed by atoms with van der Waals surface area (Å²) in [5, 5.41) is 11.9. The van der Waals surface area contributed by atoms with E-state index in [1.807, 2.05) is 0 Å². The van der Waals surface area contributed by atoms with Crippen LogP contribution in [0.15, 0.2) is 0 Å². The van der Waals surface area contributed by atoms with Crippen molar-refractivity contribution < 1.29 is 4.74 Å². The van der Waals surface area contributed by atoms with Gasteiger partial charge in [-0.2, -0.15) is 5.26 Å². The van der Waals surface area contributed by atoms with Crippen LogP contribution in [0.2, 0.25) is 0 Å². The van der Waals surface area contributed by atoms with Gasteiger partial charge in [-0.25, -0.2) is 0 Å². The normalized spacial score (nSPS) is 10.9. The molecule has 0 aromatic carbocycles. The Labute approximate surface area is 93.2 Å². The average molecular weight is 213 g/mol. The second kappa shape index (κ2) is 9.91. The third-order valence-electron chi connectivity index (χ3n) is 2.13. The van der Waals surface area contributed by atoms with Crippen molar-refractivity contribution in [2.45, 2.75) is 26.3 Å². The standard InChI is InChI=1S/C11H23N3O/c1-11(2)13-6-8-14(7-4-5-12)9-10-15-3/h11,13H,4,6-10H2,1-3H3. The molecule has 0 spiro atoms. The van der Waals surface area contributed by atoms with Crippen molar-refractivity contribution in [2.75, 3.05) is 39.9 Å². The van der Waals surface area contributed by atoms with Crippen molar-refractivity contribution in [1.29, 1.82) is 5.26 Å². The Kier molecular flexibility index (Phi) is 9.49. The van der Waals surface area contributed by atoms with Gasteiger partial charge in [0.1, 0.15) is 0 Å². The minimum absolute atomic E-state index is 0.519. The van der Waals surface area contributed by atoms with Crippen molar-refractivity contribution in [3.63, 3.8) is 0 Å². The molecular weight excluding hydrogens is 190 g/mol. The smallest absolute Gasteiger partial charge is 0.0635 e. The molecule has 0 rings (SSSR count). The first-order chi connectivity index (χ1) is 7.20. The summed E-state index contributed by atoms with van der Waals surface area (Å²) in [6, 6.07) is 2.69. The molecule has 1 N–H and O–H groups in total. The quantitative estimate of drug-likeness (QED) is 0.617. The molecule has 0 saturated carbocycles. The first-order valence-electron chi connectivity index (χ1n) is 5.52. The van der Waals surface area contributed by atoms with Crippen LogP contribution in [0.25, 0.3) is 0 Å². The van der Waals surface area contributed by atoms with Gasteiger partial charge < -0.3 is 10.1 Å². The number of methoxy groups -OCH3 is 1. The maximum Gasteiger partial charge on any atom is 0.0635 e. The van der Waals surface area contributed by atoms with Crippen LogP contribution in [-0.4, -0.2) is 50.8 Å². The third kappa shape index (κ3) is 9.67. The second-order valence-electron chi connectivity index (χ2n) is 3.85. The maximum absolute atomic E-state index is 8.53. The minimum atomic E-state index is 0.519. The monoisotopic (exact) mass is 213 g/mol. The number of rotatable bonds is 9. The zero-order chi connectivity index (χ0) is 11.5. The summed E-state index contributed by atoms with van der Waals surface area (Å²) in [6.07, 6.45) is 0.589. The van der Waals surface area contributed by atoms with E-state index in [-0.39, 0.29) is 0 Å². The molecule has 0 unspecified atom stereocenters. The molecule has 4 nitrogen and oxygen atoms in total. The average Bonchev–Trinajstić information content (AvgIpc) is 2.20. The maximum atomic E-state index is 8.53. The summed E-state index contributed by atoms with van der Waals surface area (Å²) < 4.78 is 5.03. The van der Waals surface area contributed by atoms with E-state index < -0.39 is 0 Å². The summed E-state index contributed by atoms with van der Waals surface area (Å²) in [7, 11) is 1.70. The first-order valence-corrected chi connectivity index (χ1v) is 5.52. The van der Waals surface area contributed by atoms with Crippen LogP contribution in [0.4, 0.5) is 0 Å². The van der Waals surface area contributed by atoms with E-state index in [0.717, 1.165) is 32.8 Å². The van der Waals surface area contributed by atoms with Crippen LogP contribution in [0.5, 0.6) is 0 Å². The Morgan fingerprint density at radius 2 is 2.07 bits per heavy atom. The Morgan fingerprint density at radius 1 is 1.33 bits per heavy atom. The molecule has 4 heteroatoms. The molecule has 0 aliphatic heterocycles. The molecule has 0 heterocycles. The SMILES string of the molecule is COCCN(CCC#N)CCNC(C)C. The zero-order valence-corrected chi connectivity index (χ0v) is 10.1. The van der Waals surface area contributed by atoms with Crippen LogP contribution in [0.1, 0.15) is 20.3 Å². The van der Waals surface area contributed by atoms with Gasteiger partial charge >= 0.3 is 0 Å². The number of nitriles is 1. The summed E-state index contributed by atoms with van der Waals surface area (Å²) in [5.74, 6) is 0. The summed E-state index contributed by atoms with van der Waals surface area (Å²) >= 11 is 0. The molecule has 0 amide bonds. The lowest BCUT2D eigenvalue weighted by Crippen LogP contribution is -2.37. The predicted octanol–water partition coefficient (Wildman–Crippen LogP) is 0.846.